The van der Waals surface area contributed by atoms with Crippen LogP contribution in [0.5, 0.6) is 0 Å². The summed E-state index contributed by atoms with van der Waals surface area (Å²) >= 11 is 0. The summed E-state index contributed by atoms with van der Waals surface area (Å²) in [6, 6.07) is 1.71. The van der Waals surface area contributed by atoms with Gasteiger partial charge in [0.25, 0.3) is 0 Å². The van der Waals surface area contributed by atoms with Crippen LogP contribution in [0, 0.1) is 11.3 Å². The molecule has 2 heteroatoms. The van der Waals surface area contributed by atoms with Gasteiger partial charge in [-0.3, -0.25) is 4.90 Å². The second-order valence-electron chi connectivity index (χ2n) is 6.88. The van der Waals surface area contributed by atoms with Gasteiger partial charge in [-0.05, 0) is 57.4 Å². The molecular formula is C14H28N2. The molecule has 2 aliphatic carbocycles. The fourth-order valence-corrected chi connectivity index (χ4v) is 3.23. The Morgan fingerprint density at radius 3 is 2.44 bits per heavy atom. The summed E-state index contributed by atoms with van der Waals surface area (Å²) in [4.78, 5) is 2.57. The van der Waals surface area contributed by atoms with Crippen molar-refractivity contribution < 1.29 is 0 Å². The SMILES string of the molecule is CC(C1CC1)N(C)C1CC(C)(C)CCC1N. The van der Waals surface area contributed by atoms with Gasteiger partial charge in [-0.15, -0.1) is 0 Å². The van der Waals surface area contributed by atoms with E-state index in [2.05, 4.69) is 32.7 Å². The summed E-state index contributed by atoms with van der Waals surface area (Å²) in [6.07, 6.45) is 6.60. The van der Waals surface area contributed by atoms with Crippen LogP contribution in [0.3, 0.4) is 0 Å². The van der Waals surface area contributed by atoms with E-state index in [0.29, 0.717) is 17.5 Å². The quantitative estimate of drug-likeness (QED) is 0.798. The first kappa shape index (κ1) is 12.4. The first-order chi connectivity index (χ1) is 7.41. The smallest absolute Gasteiger partial charge is 0.0252 e. The molecule has 2 aliphatic rings. The van der Waals surface area contributed by atoms with Crippen molar-refractivity contribution in [3.05, 3.63) is 0 Å². The molecule has 2 saturated carbocycles. The van der Waals surface area contributed by atoms with Crippen LogP contribution < -0.4 is 5.73 Å². The average Bonchev–Trinajstić information content (AvgIpc) is 3.03. The minimum Gasteiger partial charge on any atom is -0.326 e. The van der Waals surface area contributed by atoms with E-state index in [1.807, 2.05) is 0 Å². The molecule has 0 radical (unpaired) electrons. The Hall–Kier alpha value is -0.0800. The molecule has 2 nitrogen and oxygen atoms in total. The zero-order valence-corrected chi connectivity index (χ0v) is 11.4. The second-order valence-corrected chi connectivity index (χ2v) is 6.88. The van der Waals surface area contributed by atoms with Gasteiger partial charge in [0, 0.05) is 18.1 Å². The molecule has 0 aromatic rings. The maximum absolute atomic E-state index is 6.32. The number of nitrogens with two attached hydrogens (primary N) is 1. The molecule has 0 aliphatic heterocycles. The van der Waals surface area contributed by atoms with Crippen molar-refractivity contribution in [1.82, 2.24) is 4.90 Å². The number of nitrogens with zero attached hydrogens (tertiary/aromatic N) is 1. The van der Waals surface area contributed by atoms with Crippen molar-refractivity contribution in [1.29, 1.82) is 0 Å². The molecule has 2 N–H and O–H groups in total. The lowest BCUT2D eigenvalue weighted by atomic mass is 9.72. The van der Waals surface area contributed by atoms with Crippen molar-refractivity contribution in [2.24, 2.45) is 17.1 Å². The van der Waals surface area contributed by atoms with Gasteiger partial charge in [0.1, 0.15) is 0 Å². The van der Waals surface area contributed by atoms with Crippen LogP contribution in [0.1, 0.15) is 52.9 Å². The molecule has 0 spiro atoms. The van der Waals surface area contributed by atoms with Crippen molar-refractivity contribution in [3.8, 4) is 0 Å². The van der Waals surface area contributed by atoms with Crippen LogP contribution in [0.15, 0.2) is 0 Å². The van der Waals surface area contributed by atoms with Gasteiger partial charge in [-0.25, -0.2) is 0 Å². The summed E-state index contributed by atoms with van der Waals surface area (Å²) in [5, 5.41) is 0. The highest BCUT2D eigenvalue weighted by Gasteiger charge is 2.39. The van der Waals surface area contributed by atoms with Crippen LogP contribution in [-0.2, 0) is 0 Å². The molecule has 0 bridgehead atoms. The molecule has 3 unspecified atom stereocenters. The molecule has 3 atom stereocenters. The highest BCUT2D eigenvalue weighted by molar-refractivity contribution is 4.95. The Bertz CT molecular complexity index is 245. The largest absolute Gasteiger partial charge is 0.326 e. The minimum atomic E-state index is 0.388. The van der Waals surface area contributed by atoms with Crippen LogP contribution in [-0.4, -0.2) is 30.1 Å². The monoisotopic (exact) mass is 224 g/mol. The maximum atomic E-state index is 6.32. The van der Waals surface area contributed by atoms with E-state index in [4.69, 9.17) is 5.73 Å². The Morgan fingerprint density at radius 1 is 1.25 bits per heavy atom. The number of likely N-dealkylation sites (N-methyl/N-ethyl adjacent to an activating group) is 1. The lowest BCUT2D eigenvalue weighted by molar-refractivity contribution is 0.0653. The van der Waals surface area contributed by atoms with Gasteiger partial charge in [-0.2, -0.15) is 0 Å². The van der Waals surface area contributed by atoms with Gasteiger partial charge < -0.3 is 5.73 Å². The molecule has 0 saturated heterocycles. The number of rotatable bonds is 3. The molecular weight excluding hydrogens is 196 g/mol. The van der Waals surface area contributed by atoms with Crippen molar-refractivity contribution in [3.63, 3.8) is 0 Å². The fourth-order valence-electron chi connectivity index (χ4n) is 3.23. The first-order valence-electron chi connectivity index (χ1n) is 6.88. The molecule has 0 heterocycles. The molecule has 94 valence electrons. The lowest BCUT2D eigenvalue weighted by Gasteiger charge is -2.45. The summed E-state index contributed by atoms with van der Waals surface area (Å²) in [5.74, 6) is 0.947. The van der Waals surface area contributed by atoms with Crippen LogP contribution >= 0.6 is 0 Å². The van der Waals surface area contributed by atoms with E-state index in [1.165, 1.54) is 32.1 Å². The Balaban J connectivity index is 1.99. The fraction of sp³-hybridized carbons (Fsp3) is 1.00. The van der Waals surface area contributed by atoms with E-state index in [1.54, 1.807) is 0 Å². The standard InChI is InChI=1S/C14H28N2/c1-10(11-5-6-11)16(4)13-9-14(2,3)8-7-12(13)15/h10-13H,5-9,15H2,1-4H3. The normalized spacial score (nSPS) is 36.4. The topological polar surface area (TPSA) is 29.3 Å². The summed E-state index contributed by atoms with van der Waals surface area (Å²) in [6.45, 7) is 7.16. The summed E-state index contributed by atoms with van der Waals surface area (Å²) < 4.78 is 0. The second kappa shape index (κ2) is 4.30. The maximum Gasteiger partial charge on any atom is 0.0252 e. The summed E-state index contributed by atoms with van der Waals surface area (Å²) in [7, 11) is 2.29. The molecule has 16 heavy (non-hydrogen) atoms. The molecule has 0 aromatic heterocycles. The average molecular weight is 224 g/mol. The molecule has 2 rings (SSSR count). The van der Waals surface area contributed by atoms with E-state index in [0.717, 1.165) is 12.0 Å². The van der Waals surface area contributed by atoms with Crippen molar-refractivity contribution in [2.75, 3.05) is 7.05 Å². The van der Waals surface area contributed by atoms with Gasteiger partial charge in [0.05, 0.1) is 0 Å². The van der Waals surface area contributed by atoms with Crippen LogP contribution in [0.2, 0.25) is 0 Å². The third kappa shape index (κ3) is 2.60. The van der Waals surface area contributed by atoms with Gasteiger partial charge in [0.2, 0.25) is 0 Å². The van der Waals surface area contributed by atoms with E-state index >= 15 is 0 Å². The van der Waals surface area contributed by atoms with E-state index in [9.17, 15) is 0 Å². The van der Waals surface area contributed by atoms with Gasteiger partial charge >= 0.3 is 0 Å². The van der Waals surface area contributed by atoms with Crippen LogP contribution in [0.4, 0.5) is 0 Å². The van der Waals surface area contributed by atoms with Crippen molar-refractivity contribution >= 4 is 0 Å². The number of hydrogen-bond acceptors (Lipinski definition) is 2. The van der Waals surface area contributed by atoms with Crippen LogP contribution in [0.25, 0.3) is 0 Å². The number of hydrogen-bond donors (Lipinski definition) is 1. The predicted molar refractivity (Wildman–Crippen MR) is 69.3 cm³/mol. The third-order valence-electron chi connectivity index (χ3n) is 4.88. The van der Waals surface area contributed by atoms with Gasteiger partial charge in [-0.1, -0.05) is 13.8 Å². The minimum absolute atomic E-state index is 0.388. The van der Waals surface area contributed by atoms with Crippen molar-refractivity contribution in [2.45, 2.75) is 71.0 Å². The highest BCUT2D eigenvalue weighted by atomic mass is 15.2. The zero-order chi connectivity index (χ0) is 11.9. The molecule has 2 fully saturated rings. The highest BCUT2D eigenvalue weighted by Crippen LogP contribution is 2.40. The Labute approximate surface area is 101 Å². The summed E-state index contributed by atoms with van der Waals surface area (Å²) in [5.41, 5.74) is 6.80. The van der Waals surface area contributed by atoms with Gasteiger partial charge in [0.15, 0.2) is 0 Å². The molecule has 0 amide bonds. The van der Waals surface area contributed by atoms with E-state index in [-0.39, 0.29) is 0 Å². The predicted octanol–water partition coefficient (Wildman–Crippen LogP) is 2.62. The first-order valence-corrected chi connectivity index (χ1v) is 6.88. The zero-order valence-electron chi connectivity index (χ0n) is 11.4. The Morgan fingerprint density at radius 2 is 1.88 bits per heavy atom. The molecule has 0 aromatic carbocycles. The Kier molecular flexibility index (Phi) is 3.33. The lowest BCUT2D eigenvalue weighted by Crippen LogP contribution is -2.54. The van der Waals surface area contributed by atoms with E-state index < -0.39 is 0 Å². The third-order valence-corrected chi connectivity index (χ3v) is 4.88.